The second-order valence-corrected chi connectivity index (χ2v) is 6.28. The fourth-order valence-corrected chi connectivity index (χ4v) is 3.05. The van der Waals surface area contributed by atoms with Crippen molar-refractivity contribution in [3.63, 3.8) is 0 Å². The smallest absolute Gasteiger partial charge is 0.331 e. The number of nitrogens with one attached hydrogen (secondary N) is 1. The van der Waals surface area contributed by atoms with Crippen molar-refractivity contribution in [2.75, 3.05) is 7.11 Å². The van der Waals surface area contributed by atoms with Crippen molar-refractivity contribution in [1.29, 1.82) is 0 Å². The molecule has 1 amide bonds. The second-order valence-electron chi connectivity index (χ2n) is 5.84. The number of carbonyl (C=O) groups excluding carboxylic acids is 2. The highest BCUT2D eigenvalue weighted by molar-refractivity contribution is 6.30. The monoisotopic (exact) mass is 339 g/mol. The maximum Gasteiger partial charge on any atom is 0.331 e. The van der Waals surface area contributed by atoms with Crippen molar-refractivity contribution >= 4 is 23.5 Å². The first kappa shape index (κ1) is 17.6. The van der Waals surface area contributed by atoms with E-state index in [1.54, 1.807) is 31.2 Å². The van der Waals surface area contributed by atoms with Crippen LogP contribution in [0.4, 0.5) is 0 Å². The quantitative estimate of drug-likeness (QED) is 0.837. The number of benzene rings is 1. The Morgan fingerprint density at radius 2 is 1.96 bits per heavy atom. The topological polar surface area (TPSA) is 64.6 Å². The van der Waals surface area contributed by atoms with Gasteiger partial charge in [-0.2, -0.15) is 0 Å². The van der Waals surface area contributed by atoms with E-state index in [0.29, 0.717) is 23.6 Å². The summed E-state index contributed by atoms with van der Waals surface area (Å²) >= 11 is 5.90. The first-order valence-electron chi connectivity index (χ1n) is 7.79. The zero-order chi connectivity index (χ0) is 16.9. The van der Waals surface area contributed by atoms with E-state index in [1.165, 1.54) is 7.11 Å². The van der Waals surface area contributed by atoms with Crippen LogP contribution in [0.1, 0.15) is 39.0 Å². The van der Waals surface area contributed by atoms with Crippen LogP contribution in [-0.2, 0) is 14.3 Å². The molecule has 1 fully saturated rings. The lowest BCUT2D eigenvalue weighted by Crippen LogP contribution is -2.58. The molecule has 0 spiro atoms. The molecule has 0 aliphatic heterocycles. The van der Waals surface area contributed by atoms with Gasteiger partial charge in [0.25, 0.3) is 5.91 Å². The first-order valence-corrected chi connectivity index (χ1v) is 8.17. The number of amides is 1. The van der Waals surface area contributed by atoms with Crippen molar-refractivity contribution in [1.82, 2.24) is 5.32 Å². The standard InChI is InChI=1S/C17H22ClNO4/c1-12(23-14-8-6-7-13(18)11-14)15(20)19-17(16(21)22-2)9-4-3-5-10-17/h6-8,11-12H,3-5,9-10H2,1-2H3,(H,19,20). The van der Waals surface area contributed by atoms with Gasteiger partial charge in [0.2, 0.25) is 0 Å². The van der Waals surface area contributed by atoms with E-state index in [4.69, 9.17) is 21.1 Å². The van der Waals surface area contributed by atoms with Gasteiger partial charge in [-0.15, -0.1) is 0 Å². The molecule has 1 N–H and O–H groups in total. The van der Waals surface area contributed by atoms with E-state index in [2.05, 4.69) is 5.32 Å². The van der Waals surface area contributed by atoms with Gasteiger partial charge in [0.15, 0.2) is 6.10 Å². The minimum absolute atomic E-state index is 0.336. The molecule has 23 heavy (non-hydrogen) atoms. The molecule has 1 aromatic rings. The molecule has 0 bridgehead atoms. The summed E-state index contributed by atoms with van der Waals surface area (Å²) in [6, 6.07) is 6.85. The van der Waals surface area contributed by atoms with Crippen molar-refractivity contribution in [3.05, 3.63) is 29.3 Å². The summed E-state index contributed by atoms with van der Waals surface area (Å²) in [5.41, 5.74) is -0.934. The summed E-state index contributed by atoms with van der Waals surface area (Å²) in [7, 11) is 1.34. The highest BCUT2D eigenvalue weighted by atomic mass is 35.5. The molecule has 0 aromatic heterocycles. The molecule has 1 unspecified atom stereocenters. The largest absolute Gasteiger partial charge is 0.481 e. The summed E-state index contributed by atoms with van der Waals surface area (Å²) in [4.78, 5) is 24.6. The molecule has 1 atom stereocenters. The average Bonchev–Trinajstić information content (AvgIpc) is 2.54. The Kier molecular flexibility index (Phi) is 5.88. The summed E-state index contributed by atoms with van der Waals surface area (Å²) < 4.78 is 10.5. The molecule has 126 valence electrons. The van der Waals surface area contributed by atoms with Crippen LogP contribution in [0.5, 0.6) is 5.75 Å². The third kappa shape index (κ3) is 4.38. The maximum absolute atomic E-state index is 12.4. The van der Waals surface area contributed by atoms with Crippen molar-refractivity contribution < 1.29 is 19.1 Å². The fraction of sp³-hybridized carbons (Fsp3) is 0.529. The number of esters is 1. The van der Waals surface area contributed by atoms with Gasteiger partial charge in [-0.05, 0) is 38.0 Å². The van der Waals surface area contributed by atoms with Gasteiger partial charge in [-0.1, -0.05) is 36.9 Å². The predicted octanol–water partition coefficient (Wildman–Crippen LogP) is 3.10. The lowest BCUT2D eigenvalue weighted by molar-refractivity contribution is -0.153. The Balaban J connectivity index is 2.04. The average molecular weight is 340 g/mol. The molecular formula is C17H22ClNO4. The van der Waals surface area contributed by atoms with Crippen LogP contribution in [0.3, 0.4) is 0 Å². The van der Waals surface area contributed by atoms with Gasteiger partial charge in [-0.25, -0.2) is 4.79 Å². The van der Waals surface area contributed by atoms with Crippen LogP contribution in [0.2, 0.25) is 5.02 Å². The SMILES string of the molecule is COC(=O)C1(NC(=O)C(C)Oc2cccc(Cl)c2)CCCCC1. The number of halogens is 1. The van der Waals surface area contributed by atoms with Gasteiger partial charge < -0.3 is 14.8 Å². The van der Waals surface area contributed by atoms with Crippen molar-refractivity contribution in [2.45, 2.75) is 50.7 Å². The molecule has 1 aromatic carbocycles. The van der Waals surface area contributed by atoms with E-state index in [9.17, 15) is 9.59 Å². The lowest BCUT2D eigenvalue weighted by Gasteiger charge is -2.35. The normalized spacial score (nSPS) is 17.9. The molecule has 5 nitrogen and oxygen atoms in total. The number of rotatable bonds is 5. The van der Waals surface area contributed by atoms with Gasteiger partial charge in [0.1, 0.15) is 11.3 Å². The van der Waals surface area contributed by atoms with Crippen molar-refractivity contribution in [3.8, 4) is 5.75 Å². The lowest BCUT2D eigenvalue weighted by atomic mass is 9.81. The minimum Gasteiger partial charge on any atom is -0.481 e. The molecule has 0 radical (unpaired) electrons. The summed E-state index contributed by atoms with van der Waals surface area (Å²) in [6.07, 6.45) is 3.28. The highest BCUT2D eigenvalue weighted by Crippen LogP contribution is 2.29. The molecule has 1 aliphatic carbocycles. The highest BCUT2D eigenvalue weighted by Gasteiger charge is 2.42. The number of hydrogen-bond donors (Lipinski definition) is 1. The van der Waals surface area contributed by atoms with Crippen molar-refractivity contribution in [2.24, 2.45) is 0 Å². The Morgan fingerprint density at radius 1 is 1.26 bits per heavy atom. The first-order chi connectivity index (χ1) is 11.0. The number of methoxy groups -OCH3 is 1. The molecule has 1 saturated carbocycles. The summed E-state index contributed by atoms with van der Waals surface area (Å²) in [5, 5.41) is 3.38. The minimum atomic E-state index is -0.934. The predicted molar refractivity (Wildman–Crippen MR) is 87.5 cm³/mol. The molecule has 1 aliphatic rings. The number of ether oxygens (including phenoxy) is 2. The Morgan fingerprint density at radius 3 is 2.57 bits per heavy atom. The number of carbonyl (C=O) groups is 2. The Labute approximate surface area is 141 Å². The molecule has 0 saturated heterocycles. The van der Waals surface area contributed by atoms with Gasteiger partial charge in [0.05, 0.1) is 7.11 Å². The van der Waals surface area contributed by atoms with Gasteiger partial charge in [-0.3, -0.25) is 4.79 Å². The molecule has 0 heterocycles. The van der Waals surface area contributed by atoms with Crippen LogP contribution < -0.4 is 10.1 Å². The fourth-order valence-electron chi connectivity index (χ4n) is 2.87. The molecular weight excluding hydrogens is 318 g/mol. The zero-order valence-corrected chi connectivity index (χ0v) is 14.2. The van der Waals surface area contributed by atoms with Crippen LogP contribution in [0, 0.1) is 0 Å². The Hall–Kier alpha value is -1.75. The number of hydrogen-bond acceptors (Lipinski definition) is 4. The van der Waals surface area contributed by atoms with Crippen LogP contribution in [0.15, 0.2) is 24.3 Å². The molecule has 6 heteroatoms. The van der Waals surface area contributed by atoms with Gasteiger partial charge >= 0.3 is 5.97 Å². The third-order valence-electron chi connectivity index (χ3n) is 4.12. The summed E-state index contributed by atoms with van der Waals surface area (Å²) in [6.45, 7) is 1.64. The van der Waals surface area contributed by atoms with E-state index in [-0.39, 0.29) is 11.9 Å². The second kappa shape index (κ2) is 7.68. The van der Waals surface area contributed by atoms with E-state index >= 15 is 0 Å². The van der Waals surface area contributed by atoms with Crippen LogP contribution in [-0.4, -0.2) is 30.6 Å². The molecule has 2 rings (SSSR count). The van der Waals surface area contributed by atoms with Crippen LogP contribution >= 0.6 is 11.6 Å². The van der Waals surface area contributed by atoms with Crippen LogP contribution in [0.25, 0.3) is 0 Å². The van der Waals surface area contributed by atoms with E-state index < -0.39 is 11.6 Å². The zero-order valence-electron chi connectivity index (χ0n) is 13.4. The van der Waals surface area contributed by atoms with Gasteiger partial charge in [0, 0.05) is 5.02 Å². The maximum atomic E-state index is 12.4. The van der Waals surface area contributed by atoms with E-state index in [0.717, 1.165) is 19.3 Å². The summed E-state index contributed by atoms with van der Waals surface area (Å²) in [5.74, 6) is -0.214. The Bertz CT molecular complexity index is 569. The van der Waals surface area contributed by atoms with E-state index in [1.807, 2.05) is 0 Å². The third-order valence-corrected chi connectivity index (χ3v) is 4.36.